The van der Waals surface area contributed by atoms with Gasteiger partial charge in [0.1, 0.15) is 0 Å². The zero-order valence-corrected chi connectivity index (χ0v) is 18.3. The van der Waals surface area contributed by atoms with Gasteiger partial charge in [-0.3, -0.25) is 4.79 Å². The van der Waals surface area contributed by atoms with Crippen LogP contribution in [0.5, 0.6) is 0 Å². The van der Waals surface area contributed by atoms with Gasteiger partial charge < -0.3 is 10.6 Å². The minimum atomic E-state index is -4.99. The third-order valence-corrected chi connectivity index (χ3v) is 6.39. The van der Waals surface area contributed by atoms with E-state index in [0.29, 0.717) is 36.6 Å². The van der Waals surface area contributed by atoms with Gasteiger partial charge in [0.2, 0.25) is 0 Å². The summed E-state index contributed by atoms with van der Waals surface area (Å²) in [4.78, 5) is 13.1. The Balaban J connectivity index is 2.01. The zero-order valence-electron chi connectivity index (χ0n) is 18.3. The molecule has 33 heavy (non-hydrogen) atoms. The lowest BCUT2D eigenvalue weighted by molar-refractivity contribution is -0.141. The SMILES string of the molecule is CCC1CCC(C)(C(NC(=O)c2cc(C(F)(F)F)ccc2C(F)(F)F)c2ccccc2)NC1. The largest absolute Gasteiger partial charge is 0.417 e. The van der Waals surface area contributed by atoms with Crippen molar-refractivity contribution >= 4 is 5.91 Å². The Morgan fingerprint density at radius 3 is 2.27 bits per heavy atom. The number of halogens is 6. The van der Waals surface area contributed by atoms with Crippen LogP contribution in [0.3, 0.4) is 0 Å². The van der Waals surface area contributed by atoms with Crippen molar-refractivity contribution in [1.82, 2.24) is 10.6 Å². The highest BCUT2D eigenvalue weighted by atomic mass is 19.4. The van der Waals surface area contributed by atoms with Crippen molar-refractivity contribution in [3.8, 4) is 0 Å². The molecule has 1 fully saturated rings. The van der Waals surface area contributed by atoms with Crippen LogP contribution in [-0.2, 0) is 12.4 Å². The maximum Gasteiger partial charge on any atom is 0.417 e. The highest BCUT2D eigenvalue weighted by Crippen LogP contribution is 2.38. The molecule has 3 unspecified atom stereocenters. The van der Waals surface area contributed by atoms with Crippen LogP contribution in [-0.4, -0.2) is 18.0 Å². The van der Waals surface area contributed by atoms with Crippen LogP contribution in [0, 0.1) is 5.92 Å². The molecule has 9 heteroatoms. The Bertz CT molecular complexity index is 963. The minimum absolute atomic E-state index is 0.268. The molecule has 2 aromatic rings. The van der Waals surface area contributed by atoms with Gasteiger partial charge in [-0.1, -0.05) is 43.7 Å². The fourth-order valence-electron chi connectivity index (χ4n) is 4.29. The Morgan fingerprint density at radius 2 is 1.76 bits per heavy atom. The second-order valence-corrected chi connectivity index (χ2v) is 8.68. The van der Waals surface area contributed by atoms with Gasteiger partial charge >= 0.3 is 12.4 Å². The third kappa shape index (κ3) is 5.69. The molecule has 3 atom stereocenters. The van der Waals surface area contributed by atoms with Crippen molar-refractivity contribution in [3.63, 3.8) is 0 Å². The third-order valence-electron chi connectivity index (χ3n) is 6.39. The Labute approximate surface area is 188 Å². The van der Waals surface area contributed by atoms with E-state index in [-0.39, 0.29) is 6.07 Å². The maximum absolute atomic E-state index is 13.5. The second-order valence-electron chi connectivity index (χ2n) is 8.68. The Morgan fingerprint density at radius 1 is 1.09 bits per heavy atom. The topological polar surface area (TPSA) is 41.1 Å². The highest BCUT2D eigenvalue weighted by molar-refractivity contribution is 5.96. The molecule has 1 aliphatic heterocycles. The van der Waals surface area contributed by atoms with Gasteiger partial charge in [-0.2, -0.15) is 26.3 Å². The number of piperidine rings is 1. The number of hydrogen-bond donors (Lipinski definition) is 2. The van der Waals surface area contributed by atoms with E-state index in [1.165, 1.54) is 0 Å². The van der Waals surface area contributed by atoms with Gasteiger partial charge in [0.15, 0.2) is 0 Å². The molecule has 1 amide bonds. The van der Waals surface area contributed by atoms with Crippen molar-refractivity contribution in [3.05, 3.63) is 70.8 Å². The molecule has 3 rings (SSSR count). The van der Waals surface area contributed by atoms with E-state index in [9.17, 15) is 31.1 Å². The molecule has 0 radical (unpaired) electrons. The Kier molecular flexibility index (Phi) is 7.12. The highest BCUT2D eigenvalue weighted by Gasteiger charge is 2.42. The van der Waals surface area contributed by atoms with Crippen LogP contribution in [0.15, 0.2) is 48.5 Å². The number of carbonyl (C=O) groups excluding carboxylic acids is 1. The number of amides is 1. The quantitative estimate of drug-likeness (QED) is 0.497. The first-order valence-electron chi connectivity index (χ1n) is 10.7. The first-order chi connectivity index (χ1) is 15.3. The average molecular weight is 472 g/mol. The first kappa shape index (κ1) is 25.1. The summed E-state index contributed by atoms with van der Waals surface area (Å²) in [6, 6.07) is 8.87. The van der Waals surface area contributed by atoms with Gasteiger partial charge in [0.25, 0.3) is 5.91 Å². The normalized spacial score (nSPS) is 22.6. The van der Waals surface area contributed by atoms with Crippen molar-refractivity contribution in [2.45, 2.75) is 57.0 Å². The van der Waals surface area contributed by atoms with E-state index in [2.05, 4.69) is 17.6 Å². The molecule has 3 nitrogen and oxygen atoms in total. The lowest BCUT2D eigenvalue weighted by Gasteiger charge is -2.44. The molecule has 1 aliphatic rings. The van der Waals surface area contributed by atoms with Crippen LogP contribution in [0.1, 0.15) is 66.2 Å². The second kappa shape index (κ2) is 9.37. The summed E-state index contributed by atoms with van der Waals surface area (Å²) in [6.07, 6.45) is -7.41. The monoisotopic (exact) mass is 472 g/mol. The lowest BCUT2D eigenvalue weighted by atomic mass is 9.77. The van der Waals surface area contributed by atoms with Crippen molar-refractivity contribution in [2.24, 2.45) is 5.92 Å². The molecule has 2 aromatic carbocycles. The van der Waals surface area contributed by atoms with Gasteiger partial charge in [0.05, 0.1) is 22.7 Å². The molecule has 0 bridgehead atoms. The van der Waals surface area contributed by atoms with E-state index in [1.54, 1.807) is 30.3 Å². The van der Waals surface area contributed by atoms with Crippen molar-refractivity contribution < 1.29 is 31.1 Å². The minimum Gasteiger partial charge on any atom is -0.343 e. The molecule has 0 spiro atoms. The molecule has 2 N–H and O–H groups in total. The molecule has 1 heterocycles. The van der Waals surface area contributed by atoms with Crippen molar-refractivity contribution in [1.29, 1.82) is 0 Å². The average Bonchev–Trinajstić information content (AvgIpc) is 2.76. The van der Waals surface area contributed by atoms with E-state index in [0.717, 1.165) is 12.8 Å². The van der Waals surface area contributed by atoms with Crippen LogP contribution >= 0.6 is 0 Å². The fourth-order valence-corrected chi connectivity index (χ4v) is 4.29. The van der Waals surface area contributed by atoms with Gasteiger partial charge in [-0.05, 0) is 56.0 Å². The summed E-state index contributed by atoms with van der Waals surface area (Å²) in [7, 11) is 0. The summed E-state index contributed by atoms with van der Waals surface area (Å²) < 4.78 is 80.2. The molecule has 0 saturated carbocycles. The van der Waals surface area contributed by atoms with Crippen molar-refractivity contribution in [2.75, 3.05) is 6.54 Å². The molecular formula is C24H26F6N2O. The number of carbonyl (C=O) groups is 1. The molecular weight excluding hydrogens is 446 g/mol. The zero-order chi connectivity index (χ0) is 24.4. The maximum atomic E-state index is 13.5. The number of benzene rings is 2. The van der Waals surface area contributed by atoms with E-state index in [1.807, 2.05) is 6.92 Å². The van der Waals surface area contributed by atoms with E-state index in [4.69, 9.17) is 0 Å². The number of hydrogen-bond acceptors (Lipinski definition) is 2. The van der Waals surface area contributed by atoms with Crippen LogP contribution in [0.4, 0.5) is 26.3 Å². The number of alkyl halides is 6. The smallest absolute Gasteiger partial charge is 0.343 e. The number of rotatable bonds is 5. The molecule has 180 valence electrons. The van der Waals surface area contributed by atoms with E-state index >= 15 is 0 Å². The fraction of sp³-hybridized carbons (Fsp3) is 0.458. The van der Waals surface area contributed by atoms with Crippen LogP contribution in [0.2, 0.25) is 0 Å². The van der Waals surface area contributed by atoms with Gasteiger partial charge in [-0.15, -0.1) is 0 Å². The van der Waals surface area contributed by atoms with Crippen LogP contribution in [0.25, 0.3) is 0 Å². The molecule has 1 saturated heterocycles. The molecule has 0 aliphatic carbocycles. The standard InChI is InChI=1S/C24H26F6N2O/c1-3-15-11-12-22(2,31-14-15)20(16-7-5-4-6-8-16)32-21(33)18-13-17(23(25,26)27)9-10-19(18)24(28,29)30/h4-10,13,15,20,31H,3,11-12,14H2,1-2H3,(H,32,33). The van der Waals surface area contributed by atoms with Crippen LogP contribution < -0.4 is 10.6 Å². The summed E-state index contributed by atoms with van der Waals surface area (Å²) >= 11 is 0. The predicted molar refractivity (Wildman–Crippen MR) is 113 cm³/mol. The Hall–Kier alpha value is -2.55. The van der Waals surface area contributed by atoms with Gasteiger partial charge in [0, 0.05) is 5.54 Å². The summed E-state index contributed by atoms with van der Waals surface area (Å²) in [5.74, 6) is -0.770. The number of nitrogens with one attached hydrogen (secondary N) is 2. The van der Waals surface area contributed by atoms with Gasteiger partial charge in [-0.25, -0.2) is 0 Å². The summed E-state index contributed by atoms with van der Waals surface area (Å²) in [5, 5.41) is 6.03. The lowest BCUT2D eigenvalue weighted by Crippen LogP contribution is -2.57. The molecule has 0 aromatic heterocycles. The predicted octanol–water partition coefficient (Wildman–Crippen LogP) is 6.36. The summed E-state index contributed by atoms with van der Waals surface area (Å²) in [5.41, 5.74) is -3.82. The van der Waals surface area contributed by atoms with E-state index < -0.39 is 46.5 Å². The first-order valence-corrected chi connectivity index (χ1v) is 10.7. The summed E-state index contributed by atoms with van der Waals surface area (Å²) in [6.45, 7) is 4.61.